The van der Waals surface area contributed by atoms with Crippen molar-refractivity contribution >= 4 is 0 Å². The fourth-order valence-electron chi connectivity index (χ4n) is 1.31. The first kappa shape index (κ1) is 8.97. The molecule has 1 rings (SSSR count). The molecule has 0 aromatic rings. The quantitative estimate of drug-likeness (QED) is 0.526. The number of aliphatic hydroxyl groups is 1. The van der Waals surface area contributed by atoms with Gasteiger partial charge in [0.15, 0.2) is 0 Å². The van der Waals surface area contributed by atoms with E-state index in [9.17, 15) is 5.11 Å². The van der Waals surface area contributed by atoms with Crippen molar-refractivity contribution in [3.05, 3.63) is 0 Å². The maximum atomic E-state index is 9.30. The zero-order chi connectivity index (χ0) is 8.27. The summed E-state index contributed by atoms with van der Waals surface area (Å²) >= 11 is 0. The summed E-state index contributed by atoms with van der Waals surface area (Å²) < 4.78 is 0. The van der Waals surface area contributed by atoms with Gasteiger partial charge in [-0.1, -0.05) is 6.92 Å². The fourth-order valence-corrected chi connectivity index (χ4v) is 1.31. The second-order valence-corrected chi connectivity index (χ2v) is 3.28. The van der Waals surface area contributed by atoms with E-state index in [1.165, 1.54) is 0 Å². The van der Waals surface area contributed by atoms with Gasteiger partial charge in [0, 0.05) is 25.2 Å². The molecule has 3 N–H and O–H groups in total. The lowest BCUT2D eigenvalue weighted by atomic mass is 10.1. The van der Waals surface area contributed by atoms with E-state index in [0.717, 1.165) is 19.5 Å². The van der Waals surface area contributed by atoms with Gasteiger partial charge in [0.1, 0.15) is 0 Å². The van der Waals surface area contributed by atoms with E-state index in [2.05, 4.69) is 17.6 Å². The summed E-state index contributed by atoms with van der Waals surface area (Å²) in [5.41, 5.74) is 0. The van der Waals surface area contributed by atoms with Crippen molar-refractivity contribution in [2.75, 3.05) is 13.1 Å². The highest BCUT2D eigenvalue weighted by Gasteiger charge is 2.21. The van der Waals surface area contributed by atoms with Crippen LogP contribution in [0.3, 0.4) is 0 Å². The fraction of sp³-hybridized carbons (Fsp3) is 1.00. The Hall–Kier alpha value is -0.120. The molecular formula is C8H18N2O. The molecule has 0 spiro atoms. The summed E-state index contributed by atoms with van der Waals surface area (Å²) in [7, 11) is 0. The Bertz CT molecular complexity index is 113. The van der Waals surface area contributed by atoms with Crippen LogP contribution in [-0.4, -0.2) is 36.4 Å². The van der Waals surface area contributed by atoms with Crippen LogP contribution in [0, 0.1) is 0 Å². The van der Waals surface area contributed by atoms with Gasteiger partial charge in [-0.05, 0) is 13.3 Å². The predicted octanol–water partition coefficient (Wildman–Crippen LogP) is -0.293. The minimum atomic E-state index is -0.236. The summed E-state index contributed by atoms with van der Waals surface area (Å²) in [6.07, 6.45) is 0.759. The molecule has 0 amide bonds. The van der Waals surface area contributed by atoms with E-state index >= 15 is 0 Å². The van der Waals surface area contributed by atoms with Gasteiger partial charge >= 0.3 is 0 Å². The third-order valence-electron chi connectivity index (χ3n) is 2.25. The van der Waals surface area contributed by atoms with Crippen molar-refractivity contribution in [2.24, 2.45) is 0 Å². The molecule has 0 saturated carbocycles. The molecule has 0 radical (unpaired) electrons. The van der Waals surface area contributed by atoms with Crippen molar-refractivity contribution in [3.63, 3.8) is 0 Å². The second kappa shape index (κ2) is 4.04. The molecule has 66 valence electrons. The largest absolute Gasteiger partial charge is 0.392 e. The van der Waals surface area contributed by atoms with Crippen LogP contribution in [0.1, 0.15) is 20.3 Å². The van der Waals surface area contributed by atoms with Gasteiger partial charge in [-0.25, -0.2) is 0 Å². The van der Waals surface area contributed by atoms with E-state index in [1.54, 1.807) is 0 Å². The number of aliphatic hydroxyl groups excluding tert-OH is 1. The molecule has 3 nitrogen and oxygen atoms in total. The van der Waals surface area contributed by atoms with Crippen molar-refractivity contribution < 1.29 is 5.11 Å². The smallest absolute Gasteiger partial charge is 0.0665 e. The van der Waals surface area contributed by atoms with Gasteiger partial charge in [0.25, 0.3) is 0 Å². The van der Waals surface area contributed by atoms with Crippen LogP contribution in [0.25, 0.3) is 0 Å². The molecule has 1 aliphatic rings. The number of nitrogens with one attached hydrogen (secondary N) is 2. The zero-order valence-electron chi connectivity index (χ0n) is 7.30. The average Bonchev–Trinajstić information content (AvgIpc) is 1.85. The van der Waals surface area contributed by atoms with E-state index in [-0.39, 0.29) is 12.1 Å². The SMILES string of the molecule is CCC(NC1CNC1)C(C)O. The van der Waals surface area contributed by atoms with Crippen molar-refractivity contribution in [1.29, 1.82) is 0 Å². The van der Waals surface area contributed by atoms with Gasteiger partial charge in [-0.2, -0.15) is 0 Å². The molecule has 0 aliphatic carbocycles. The molecule has 2 atom stereocenters. The summed E-state index contributed by atoms with van der Waals surface area (Å²) in [5, 5.41) is 15.9. The lowest BCUT2D eigenvalue weighted by Crippen LogP contribution is -2.59. The maximum Gasteiger partial charge on any atom is 0.0665 e. The second-order valence-electron chi connectivity index (χ2n) is 3.28. The highest BCUT2D eigenvalue weighted by atomic mass is 16.3. The molecular weight excluding hydrogens is 140 g/mol. The minimum Gasteiger partial charge on any atom is -0.392 e. The van der Waals surface area contributed by atoms with E-state index in [4.69, 9.17) is 0 Å². The van der Waals surface area contributed by atoms with Crippen LogP contribution in [0.5, 0.6) is 0 Å². The van der Waals surface area contributed by atoms with Crippen LogP contribution >= 0.6 is 0 Å². The van der Waals surface area contributed by atoms with Crippen LogP contribution in [-0.2, 0) is 0 Å². The normalized spacial score (nSPS) is 24.3. The predicted molar refractivity (Wildman–Crippen MR) is 45.6 cm³/mol. The molecule has 0 bridgehead atoms. The van der Waals surface area contributed by atoms with Gasteiger partial charge in [0.05, 0.1) is 6.10 Å². The van der Waals surface area contributed by atoms with Gasteiger partial charge in [-0.15, -0.1) is 0 Å². The minimum absolute atomic E-state index is 0.236. The van der Waals surface area contributed by atoms with E-state index in [0.29, 0.717) is 6.04 Å². The monoisotopic (exact) mass is 158 g/mol. The summed E-state index contributed by atoms with van der Waals surface area (Å²) in [6.45, 7) is 6.02. The Morgan fingerprint density at radius 3 is 2.55 bits per heavy atom. The molecule has 11 heavy (non-hydrogen) atoms. The third kappa shape index (κ3) is 2.43. The third-order valence-corrected chi connectivity index (χ3v) is 2.25. The van der Waals surface area contributed by atoms with Gasteiger partial charge < -0.3 is 15.7 Å². The Labute approximate surface area is 68.2 Å². The topological polar surface area (TPSA) is 44.3 Å². The summed E-state index contributed by atoms with van der Waals surface area (Å²) in [5.74, 6) is 0. The molecule has 0 aromatic heterocycles. The molecule has 1 fully saturated rings. The molecule has 2 unspecified atom stereocenters. The van der Waals surface area contributed by atoms with E-state index < -0.39 is 0 Å². The maximum absolute atomic E-state index is 9.30. The number of hydrogen-bond donors (Lipinski definition) is 3. The molecule has 3 heteroatoms. The van der Waals surface area contributed by atoms with Crippen molar-refractivity contribution in [1.82, 2.24) is 10.6 Å². The molecule has 0 aromatic carbocycles. The Balaban J connectivity index is 2.19. The zero-order valence-corrected chi connectivity index (χ0v) is 7.30. The molecule has 1 aliphatic heterocycles. The lowest BCUT2D eigenvalue weighted by molar-refractivity contribution is 0.128. The lowest BCUT2D eigenvalue weighted by Gasteiger charge is -2.33. The Morgan fingerprint density at radius 2 is 2.27 bits per heavy atom. The van der Waals surface area contributed by atoms with Crippen molar-refractivity contribution in [2.45, 2.75) is 38.5 Å². The summed E-state index contributed by atoms with van der Waals surface area (Å²) in [6, 6.07) is 0.844. The highest BCUT2D eigenvalue weighted by Crippen LogP contribution is 2.01. The summed E-state index contributed by atoms with van der Waals surface area (Å²) in [4.78, 5) is 0. The standard InChI is InChI=1S/C8H18N2O/c1-3-8(6(2)11)10-7-4-9-5-7/h6-11H,3-5H2,1-2H3. The van der Waals surface area contributed by atoms with Gasteiger partial charge in [0.2, 0.25) is 0 Å². The van der Waals surface area contributed by atoms with Crippen LogP contribution in [0.4, 0.5) is 0 Å². The first-order valence-electron chi connectivity index (χ1n) is 4.39. The van der Waals surface area contributed by atoms with Crippen LogP contribution in [0.2, 0.25) is 0 Å². The number of rotatable bonds is 4. The van der Waals surface area contributed by atoms with Gasteiger partial charge in [-0.3, -0.25) is 0 Å². The highest BCUT2D eigenvalue weighted by molar-refractivity contribution is 4.85. The Kier molecular flexibility index (Phi) is 3.30. The molecule has 1 saturated heterocycles. The van der Waals surface area contributed by atoms with Crippen molar-refractivity contribution in [3.8, 4) is 0 Å². The first-order valence-corrected chi connectivity index (χ1v) is 4.39. The van der Waals surface area contributed by atoms with E-state index in [1.807, 2.05) is 6.92 Å². The number of hydrogen-bond acceptors (Lipinski definition) is 3. The Morgan fingerprint density at radius 1 is 1.64 bits per heavy atom. The van der Waals surface area contributed by atoms with Crippen LogP contribution < -0.4 is 10.6 Å². The first-order chi connectivity index (χ1) is 5.24. The van der Waals surface area contributed by atoms with Crippen LogP contribution in [0.15, 0.2) is 0 Å². The molecule has 1 heterocycles. The average molecular weight is 158 g/mol.